The van der Waals surface area contributed by atoms with E-state index in [1.54, 1.807) is 0 Å². The monoisotopic (exact) mass is 369 g/mol. The van der Waals surface area contributed by atoms with Crippen LogP contribution < -0.4 is 15.0 Å². The number of nitrogens with zero attached hydrogens (tertiary/aromatic N) is 2. The van der Waals surface area contributed by atoms with Gasteiger partial charge in [0.15, 0.2) is 0 Å². The van der Waals surface area contributed by atoms with Crippen molar-refractivity contribution in [3.8, 4) is 5.75 Å². The van der Waals surface area contributed by atoms with Crippen molar-refractivity contribution in [1.82, 2.24) is 4.90 Å². The number of carbonyl (C=O) groups excluding carboxylic acids is 1. The lowest BCUT2D eigenvalue weighted by Gasteiger charge is -2.36. The number of rotatable bonds is 6. The molecule has 27 heavy (non-hydrogen) atoms. The van der Waals surface area contributed by atoms with Crippen LogP contribution in [0.3, 0.4) is 0 Å². The molecule has 0 bridgehead atoms. The SMILES string of the molecule is O=C1Cc2cc(OCCCN3CCN(c4ccc(F)cc4)CC3)ccc2N1. The van der Waals surface area contributed by atoms with Crippen LogP contribution in [0.25, 0.3) is 0 Å². The van der Waals surface area contributed by atoms with Gasteiger partial charge in [-0.05, 0) is 54.4 Å². The molecule has 1 amide bonds. The van der Waals surface area contributed by atoms with Gasteiger partial charge >= 0.3 is 0 Å². The van der Waals surface area contributed by atoms with Gasteiger partial charge in [-0.3, -0.25) is 9.69 Å². The first-order valence-electron chi connectivity index (χ1n) is 9.46. The first-order chi connectivity index (χ1) is 13.2. The van der Waals surface area contributed by atoms with E-state index in [1.165, 1.54) is 12.1 Å². The van der Waals surface area contributed by atoms with Crippen LogP contribution in [0.5, 0.6) is 5.75 Å². The van der Waals surface area contributed by atoms with Crippen LogP contribution in [0, 0.1) is 5.82 Å². The highest BCUT2D eigenvalue weighted by Crippen LogP contribution is 2.27. The van der Waals surface area contributed by atoms with Crippen molar-refractivity contribution in [2.75, 3.05) is 49.5 Å². The summed E-state index contributed by atoms with van der Waals surface area (Å²) in [5.74, 6) is 0.678. The standard InChI is InChI=1S/C21H24FN3O2/c22-17-2-4-18(5-3-17)25-11-9-24(10-12-25)8-1-13-27-19-6-7-20-16(14-19)15-21(26)23-20/h2-7,14H,1,8-13,15H2,(H,23,26). The second-order valence-electron chi connectivity index (χ2n) is 7.05. The summed E-state index contributed by atoms with van der Waals surface area (Å²) in [6, 6.07) is 12.5. The summed E-state index contributed by atoms with van der Waals surface area (Å²) in [6.07, 6.45) is 1.40. The number of hydrogen-bond acceptors (Lipinski definition) is 4. The molecule has 0 atom stereocenters. The molecule has 0 unspecified atom stereocenters. The Morgan fingerprint density at radius 2 is 1.81 bits per heavy atom. The lowest BCUT2D eigenvalue weighted by atomic mass is 10.1. The predicted octanol–water partition coefficient (Wildman–Crippen LogP) is 2.91. The Morgan fingerprint density at radius 1 is 1.04 bits per heavy atom. The maximum atomic E-state index is 13.0. The number of nitrogens with one attached hydrogen (secondary N) is 1. The minimum absolute atomic E-state index is 0.0435. The molecule has 0 radical (unpaired) electrons. The summed E-state index contributed by atoms with van der Waals surface area (Å²) >= 11 is 0. The summed E-state index contributed by atoms with van der Waals surface area (Å²) < 4.78 is 18.9. The van der Waals surface area contributed by atoms with E-state index in [0.29, 0.717) is 13.0 Å². The second-order valence-corrected chi connectivity index (χ2v) is 7.05. The molecular formula is C21H24FN3O2. The molecule has 2 aromatic rings. The largest absolute Gasteiger partial charge is 0.494 e. The van der Waals surface area contributed by atoms with Crippen LogP contribution in [-0.2, 0) is 11.2 Å². The molecule has 1 N–H and O–H groups in total. The van der Waals surface area contributed by atoms with Gasteiger partial charge in [0, 0.05) is 44.1 Å². The van der Waals surface area contributed by atoms with Crippen molar-refractivity contribution in [3.63, 3.8) is 0 Å². The van der Waals surface area contributed by atoms with Gasteiger partial charge in [-0.1, -0.05) is 0 Å². The van der Waals surface area contributed by atoms with Gasteiger partial charge in [-0.15, -0.1) is 0 Å². The fourth-order valence-corrected chi connectivity index (χ4v) is 3.66. The van der Waals surface area contributed by atoms with E-state index >= 15 is 0 Å². The molecular weight excluding hydrogens is 345 g/mol. The van der Waals surface area contributed by atoms with Crippen molar-refractivity contribution in [2.24, 2.45) is 0 Å². The fourth-order valence-electron chi connectivity index (χ4n) is 3.66. The van der Waals surface area contributed by atoms with Crippen LogP contribution in [0.15, 0.2) is 42.5 Å². The van der Waals surface area contributed by atoms with Gasteiger partial charge in [0.25, 0.3) is 0 Å². The maximum absolute atomic E-state index is 13.0. The molecule has 2 aliphatic rings. The Balaban J connectivity index is 1.17. The molecule has 5 nitrogen and oxygen atoms in total. The zero-order chi connectivity index (χ0) is 18.6. The third-order valence-corrected chi connectivity index (χ3v) is 5.15. The molecule has 0 saturated carbocycles. The number of anilines is 2. The quantitative estimate of drug-likeness (QED) is 0.796. The number of halogens is 1. The third-order valence-electron chi connectivity index (χ3n) is 5.15. The molecule has 1 fully saturated rings. The second kappa shape index (κ2) is 7.96. The van der Waals surface area contributed by atoms with Crippen LogP contribution in [0.1, 0.15) is 12.0 Å². The van der Waals surface area contributed by atoms with Gasteiger partial charge in [0.2, 0.25) is 5.91 Å². The van der Waals surface area contributed by atoms with Gasteiger partial charge in [-0.2, -0.15) is 0 Å². The maximum Gasteiger partial charge on any atom is 0.228 e. The van der Waals surface area contributed by atoms with Crippen LogP contribution >= 0.6 is 0 Å². The first-order valence-corrected chi connectivity index (χ1v) is 9.46. The Bertz CT molecular complexity index is 802. The lowest BCUT2D eigenvalue weighted by molar-refractivity contribution is -0.115. The smallest absolute Gasteiger partial charge is 0.228 e. The van der Waals surface area contributed by atoms with Crippen LogP contribution in [-0.4, -0.2) is 50.1 Å². The summed E-state index contributed by atoms with van der Waals surface area (Å²) in [5.41, 5.74) is 2.99. The zero-order valence-corrected chi connectivity index (χ0v) is 15.3. The van der Waals surface area contributed by atoms with Crippen LogP contribution in [0.2, 0.25) is 0 Å². The molecule has 1 saturated heterocycles. The fraction of sp³-hybridized carbons (Fsp3) is 0.381. The molecule has 6 heteroatoms. The summed E-state index contributed by atoms with van der Waals surface area (Å²) in [5, 5.41) is 2.83. The highest BCUT2D eigenvalue weighted by Gasteiger charge is 2.18. The van der Waals surface area contributed by atoms with Crippen molar-refractivity contribution in [2.45, 2.75) is 12.8 Å². The van der Waals surface area contributed by atoms with Crippen molar-refractivity contribution >= 4 is 17.3 Å². The average Bonchev–Trinajstić information content (AvgIpc) is 3.06. The first kappa shape index (κ1) is 17.8. The Hall–Kier alpha value is -2.60. The number of amides is 1. The van der Waals surface area contributed by atoms with Crippen molar-refractivity contribution in [3.05, 3.63) is 53.8 Å². The highest BCUT2D eigenvalue weighted by atomic mass is 19.1. The number of piperazine rings is 1. The molecule has 0 aromatic heterocycles. The van der Waals surface area contributed by atoms with E-state index in [4.69, 9.17) is 4.74 Å². The van der Waals surface area contributed by atoms with Gasteiger partial charge in [0.1, 0.15) is 11.6 Å². The molecule has 0 aliphatic carbocycles. The van der Waals surface area contributed by atoms with E-state index in [9.17, 15) is 9.18 Å². The van der Waals surface area contributed by atoms with E-state index < -0.39 is 0 Å². The molecule has 2 aromatic carbocycles. The predicted molar refractivity (Wildman–Crippen MR) is 104 cm³/mol. The molecule has 2 aliphatic heterocycles. The normalized spacial score (nSPS) is 16.9. The number of carbonyl (C=O) groups is 1. The highest BCUT2D eigenvalue weighted by molar-refractivity contribution is 5.99. The minimum atomic E-state index is -0.191. The Morgan fingerprint density at radius 3 is 2.59 bits per heavy atom. The van der Waals surface area contributed by atoms with E-state index in [1.807, 2.05) is 30.3 Å². The Labute approximate surface area is 158 Å². The molecule has 0 spiro atoms. The average molecular weight is 369 g/mol. The van der Waals surface area contributed by atoms with Gasteiger partial charge in [0.05, 0.1) is 13.0 Å². The van der Waals surface area contributed by atoms with Gasteiger partial charge < -0.3 is 15.0 Å². The Kier molecular flexibility index (Phi) is 5.25. The third kappa shape index (κ3) is 4.39. The summed E-state index contributed by atoms with van der Waals surface area (Å²) in [7, 11) is 0. The summed E-state index contributed by atoms with van der Waals surface area (Å²) in [4.78, 5) is 16.1. The van der Waals surface area contributed by atoms with Crippen LogP contribution in [0.4, 0.5) is 15.8 Å². The topological polar surface area (TPSA) is 44.8 Å². The van der Waals surface area contributed by atoms with E-state index in [-0.39, 0.29) is 11.7 Å². The van der Waals surface area contributed by atoms with Crippen molar-refractivity contribution < 1.29 is 13.9 Å². The minimum Gasteiger partial charge on any atom is -0.494 e. The van der Waals surface area contributed by atoms with Gasteiger partial charge in [-0.25, -0.2) is 4.39 Å². The summed E-state index contributed by atoms with van der Waals surface area (Å²) in [6.45, 7) is 5.59. The number of ether oxygens (including phenoxy) is 1. The van der Waals surface area contributed by atoms with E-state index in [0.717, 1.165) is 61.8 Å². The number of hydrogen-bond donors (Lipinski definition) is 1. The zero-order valence-electron chi connectivity index (χ0n) is 15.3. The molecule has 4 rings (SSSR count). The molecule has 142 valence electrons. The van der Waals surface area contributed by atoms with Crippen molar-refractivity contribution in [1.29, 1.82) is 0 Å². The lowest BCUT2D eigenvalue weighted by Crippen LogP contribution is -2.46. The number of benzene rings is 2. The molecule has 2 heterocycles. The number of fused-ring (bicyclic) bond motifs is 1. The van der Waals surface area contributed by atoms with E-state index in [2.05, 4.69) is 15.1 Å².